The molecule has 1 fully saturated rings. The minimum atomic E-state index is -0.615. The number of likely N-dealkylation sites (tertiary alicyclic amines) is 1. The van der Waals surface area contributed by atoms with Crippen LogP contribution in [0.4, 0.5) is 4.79 Å². The third kappa shape index (κ3) is 5.67. The lowest BCUT2D eigenvalue weighted by Gasteiger charge is -2.17. The number of carbonyl (C=O) groups is 2. The number of hydrogen-bond acceptors (Lipinski definition) is 6. The third-order valence-electron chi connectivity index (χ3n) is 4.13. The fourth-order valence-corrected chi connectivity index (χ4v) is 2.76. The van der Waals surface area contributed by atoms with E-state index in [1.165, 1.54) is 0 Å². The Bertz CT molecular complexity index is 784. The third-order valence-corrected chi connectivity index (χ3v) is 4.13. The van der Waals surface area contributed by atoms with Crippen molar-refractivity contribution < 1.29 is 19.1 Å². The van der Waals surface area contributed by atoms with Gasteiger partial charge in [0.15, 0.2) is 0 Å². The highest BCUT2D eigenvalue weighted by atomic mass is 16.5. The van der Waals surface area contributed by atoms with Crippen LogP contribution >= 0.6 is 0 Å². The molecule has 142 valence electrons. The van der Waals surface area contributed by atoms with E-state index in [4.69, 9.17) is 9.47 Å². The van der Waals surface area contributed by atoms with Crippen LogP contribution in [-0.2, 0) is 16.1 Å². The molecule has 8 heteroatoms. The fraction of sp³-hybridized carbons (Fsp3) is 0.368. The SMILES string of the molecule is Cc1nccc(O[C@H]2CCN(C(=O)CNC(=O)OCc3ccccc3)C2)n1. The van der Waals surface area contributed by atoms with Crippen molar-refractivity contribution in [1.29, 1.82) is 0 Å². The van der Waals surface area contributed by atoms with E-state index >= 15 is 0 Å². The Morgan fingerprint density at radius 3 is 2.85 bits per heavy atom. The molecular weight excluding hydrogens is 348 g/mol. The molecule has 1 N–H and O–H groups in total. The summed E-state index contributed by atoms with van der Waals surface area (Å²) in [6.45, 7) is 2.89. The van der Waals surface area contributed by atoms with Crippen molar-refractivity contribution in [2.45, 2.75) is 26.1 Å². The summed E-state index contributed by atoms with van der Waals surface area (Å²) >= 11 is 0. The Balaban J connectivity index is 1.38. The van der Waals surface area contributed by atoms with Gasteiger partial charge < -0.3 is 19.7 Å². The smallest absolute Gasteiger partial charge is 0.407 e. The Hall–Kier alpha value is -3.16. The Morgan fingerprint density at radius 2 is 2.07 bits per heavy atom. The summed E-state index contributed by atoms with van der Waals surface area (Å²) in [5.74, 6) is 0.970. The molecule has 1 aromatic carbocycles. The summed E-state index contributed by atoms with van der Waals surface area (Å²) in [6.07, 6.45) is 1.62. The Kier molecular flexibility index (Phi) is 6.19. The molecule has 1 aliphatic rings. The number of ether oxygens (including phenoxy) is 2. The first-order valence-electron chi connectivity index (χ1n) is 8.79. The highest BCUT2D eigenvalue weighted by Crippen LogP contribution is 2.16. The van der Waals surface area contributed by atoms with Crippen molar-refractivity contribution in [3.8, 4) is 5.88 Å². The normalized spacial score (nSPS) is 16.0. The summed E-state index contributed by atoms with van der Waals surface area (Å²) in [7, 11) is 0. The molecule has 1 atom stereocenters. The van der Waals surface area contributed by atoms with Gasteiger partial charge in [0, 0.05) is 25.2 Å². The zero-order valence-corrected chi connectivity index (χ0v) is 15.1. The van der Waals surface area contributed by atoms with Crippen LogP contribution in [-0.4, -0.2) is 52.6 Å². The van der Waals surface area contributed by atoms with Gasteiger partial charge in [0.05, 0.1) is 6.54 Å². The number of carbonyl (C=O) groups excluding carboxylic acids is 2. The number of amides is 2. The summed E-state index contributed by atoms with van der Waals surface area (Å²) in [5.41, 5.74) is 0.887. The summed E-state index contributed by atoms with van der Waals surface area (Å²) < 4.78 is 10.9. The molecule has 2 amide bonds. The van der Waals surface area contributed by atoms with Crippen molar-refractivity contribution in [2.24, 2.45) is 0 Å². The van der Waals surface area contributed by atoms with E-state index in [1.54, 1.807) is 24.1 Å². The summed E-state index contributed by atoms with van der Waals surface area (Å²) in [6, 6.07) is 11.1. The van der Waals surface area contributed by atoms with Gasteiger partial charge in [-0.05, 0) is 12.5 Å². The van der Waals surface area contributed by atoms with Crippen molar-refractivity contribution in [1.82, 2.24) is 20.2 Å². The molecule has 1 saturated heterocycles. The van der Waals surface area contributed by atoms with Crippen molar-refractivity contribution in [3.63, 3.8) is 0 Å². The van der Waals surface area contributed by atoms with Crippen LogP contribution < -0.4 is 10.1 Å². The molecule has 0 saturated carbocycles. The lowest BCUT2D eigenvalue weighted by Crippen LogP contribution is -2.40. The van der Waals surface area contributed by atoms with Crippen LogP contribution in [0, 0.1) is 6.92 Å². The first kappa shape index (κ1) is 18.6. The van der Waals surface area contributed by atoms with E-state index in [0.29, 0.717) is 31.2 Å². The van der Waals surface area contributed by atoms with Gasteiger partial charge >= 0.3 is 6.09 Å². The molecule has 0 unspecified atom stereocenters. The van der Waals surface area contributed by atoms with Crippen LogP contribution in [0.2, 0.25) is 0 Å². The van der Waals surface area contributed by atoms with Gasteiger partial charge in [-0.2, -0.15) is 4.98 Å². The predicted molar refractivity (Wildman–Crippen MR) is 97.0 cm³/mol. The second-order valence-electron chi connectivity index (χ2n) is 6.23. The number of benzene rings is 1. The topological polar surface area (TPSA) is 93.7 Å². The quantitative estimate of drug-likeness (QED) is 0.832. The first-order valence-corrected chi connectivity index (χ1v) is 8.79. The van der Waals surface area contributed by atoms with Crippen LogP contribution in [0.15, 0.2) is 42.6 Å². The van der Waals surface area contributed by atoms with Crippen LogP contribution in [0.5, 0.6) is 5.88 Å². The second kappa shape index (κ2) is 8.98. The van der Waals surface area contributed by atoms with E-state index in [-0.39, 0.29) is 25.2 Å². The van der Waals surface area contributed by atoms with Crippen molar-refractivity contribution in [3.05, 3.63) is 54.0 Å². The molecular formula is C19H22N4O4. The average molecular weight is 370 g/mol. The molecule has 2 aromatic rings. The van der Waals surface area contributed by atoms with Gasteiger partial charge in [0.25, 0.3) is 0 Å². The Labute approximate surface area is 157 Å². The number of nitrogens with one attached hydrogen (secondary N) is 1. The van der Waals surface area contributed by atoms with E-state index in [0.717, 1.165) is 5.56 Å². The van der Waals surface area contributed by atoms with Crippen molar-refractivity contribution in [2.75, 3.05) is 19.6 Å². The van der Waals surface area contributed by atoms with Crippen molar-refractivity contribution >= 4 is 12.0 Å². The first-order chi connectivity index (χ1) is 13.1. The van der Waals surface area contributed by atoms with Crippen LogP contribution in [0.1, 0.15) is 17.8 Å². The second-order valence-corrected chi connectivity index (χ2v) is 6.23. The lowest BCUT2D eigenvalue weighted by molar-refractivity contribution is -0.129. The molecule has 0 spiro atoms. The molecule has 0 aliphatic carbocycles. The number of hydrogen-bond donors (Lipinski definition) is 1. The molecule has 8 nitrogen and oxygen atoms in total. The molecule has 27 heavy (non-hydrogen) atoms. The van der Waals surface area contributed by atoms with Gasteiger partial charge in [-0.1, -0.05) is 30.3 Å². The minimum absolute atomic E-state index is 0.104. The zero-order valence-electron chi connectivity index (χ0n) is 15.1. The van der Waals surface area contributed by atoms with Gasteiger partial charge in [-0.15, -0.1) is 0 Å². The highest BCUT2D eigenvalue weighted by Gasteiger charge is 2.28. The standard InChI is InChI=1S/C19H22N4O4/c1-14-20-9-7-17(22-14)27-16-8-10-23(12-16)18(24)11-21-19(25)26-13-15-5-3-2-4-6-15/h2-7,9,16H,8,10-13H2,1H3,(H,21,25)/t16-/m0/s1. The molecule has 0 bridgehead atoms. The molecule has 0 radical (unpaired) electrons. The number of aromatic nitrogens is 2. The van der Waals surface area contributed by atoms with Gasteiger partial charge in [0.2, 0.25) is 11.8 Å². The van der Waals surface area contributed by atoms with E-state index < -0.39 is 6.09 Å². The molecule has 3 rings (SSSR count). The van der Waals surface area contributed by atoms with Crippen LogP contribution in [0.25, 0.3) is 0 Å². The predicted octanol–water partition coefficient (Wildman–Crippen LogP) is 1.69. The number of alkyl carbamates (subject to hydrolysis) is 1. The maximum Gasteiger partial charge on any atom is 0.407 e. The number of nitrogens with zero attached hydrogens (tertiary/aromatic N) is 3. The Morgan fingerprint density at radius 1 is 1.26 bits per heavy atom. The molecule has 1 aliphatic heterocycles. The maximum atomic E-state index is 12.3. The summed E-state index contributed by atoms with van der Waals surface area (Å²) in [4.78, 5) is 33.9. The number of rotatable bonds is 6. The van der Waals surface area contributed by atoms with E-state index in [9.17, 15) is 9.59 Å². The van der Waals surface area contributed by atoms with Gasteiger partial charge in [-0.3, -0.25) is 4.79 Å². The zero-order chi connectivity index (χ0) is 19.1. The van der Waals surface area contributed by atoms with E-state index in [2.05, 4.69) is 15.3 Å². The van der Waals surface area contributed by atoms with E-state index in [1.807, 2.05) is 30.3 Å². The minimum Gasteiger partial charge on any atom is -0.472 e. The maximum absolute atomic E-state index is 12.3. The molecule has 1 aromatic heterocycles. The molecule has 2 heterocycles. The van der Waals surface area contributed by atoms with Crippen LogP contribution in [0.3, 0.4) is 0 Å². The highest BCUT2D eigenvalue weighted by molar-refractivity contribution is 5.82. The fourth-order valence-electron chi connectivity index (χ4n) is 2.76. The van der Waals surface area contributed by atoms with Gasteiger partial charge in [0.1, 0.15) is 25.1 Å². The average Bonchev–Trinajstić information content (AvgIpc) is 3.14. The van der Waals surface area contributed by atoms with Gasteiger partial charge in [-0.25, -0.2) is 9.78 Å². The lowest BCUT2D eigenvalue weighted by atomic mass is 10.2. The monoisotopic (exact) mass is 370 g/mol. The summed E-state index contributed by atoms with van der Waals surface area (Å²) in [5, 5.41) is 2.49. The largest absolute Gasteiger partial charge is 0.472 e. The number of aryl methyl sites for hydroxylation is 1.